The Morgan fingerprint density at radius 3 is 1.45 bits per heavy atom. The molecular formula is C47H39F13N6O8S2. The summed E-state index contributed by atoms with van der Waals surface area (Å²) >= 11 is -0.838. The monoisotopic (exact) mass is 1130 g/mol. The molecule has 0 unspecified atom stereocenters. The van der Waals surface area contributed by atoms with Crippen LogP contribution >= 0.6 is 23.5 Å². The number of rotatable bonds is 10. The highest BCUT2D eigenvalue weighted by atomic mass is 32.2. The summed E-state index contributed by atoms with van der Waals surface area (Å²) in [7, 11) is 0. The number of aromatic hydroxyl groups is 1. The number of halogens is 13. The van der Waals surface area contributed by atoms with Crippen molar-refractivity contribution in [1.82, 2.24) is 30.1 Å². The number of phenolic OH excluding ortho intramolecular Hbond substituents is 1. The first-order valence-corrected chi connectivity index (χ1v) is 22.7. The highest BCUT2D eigenvalue weighted by Crippen LogP contribution is 2.46. The Morgan fingerprint density at radius 2 is 1.01 bits per heavy atom. The number of imide groups is 2. The molecule has 14 nitrogen and oxygen atoms in total. The van der Waals surface area contributed by atoms with E-state index in [1.165, 1.54) is 42.5 Å². The highest BCUT2D eigenvalue weighted by Gasteiger charge is 2.47. The van der Waals surface area contributed by atoms with Crippen LogP contribution in [-0.4, -0.2) is 69.8 Å². The number of likely N-dealkylation sites (tertiary alicyclic amines) is 2. The molecule has 6 aromatic rings. The number of ether oxygens (including phenoxy) is 1. The lowest BCUT2D eigenvalue weighted by Crippen LogP contribution is -2.32. The normalized spacial score (nSPS) is 15.5. The highest BCUT2D eigenvalue weighted by molar-refractivity contribution is 8.00. The topological polar surface area (TPSA) is 182 Å². The van der Waals surface area contributed by atoms with Crippen molar-refractivity contribution >= 4 is 47.2 Å². The van der Waals surface area contributed by atoms with Crippen molar-refractivity contribution in [2.24, 2.45) is 10.8 Å². The van der Waals surface area contributed by atoms with E-state index in [-0.39, 0.29) is 90.3 Å². The predicted molar refractivity (Wildman–Crippen MR) is 243 cm³/mol. The third-order valence-electron chi connectivity index (χ3n) is 10.4. The van der Waals surface area contributed by atoms with Gasteiger partial charge in [-0.15, -0.1) is 0 Å². The number of amides is 4. The fourth-order valence-corrected chi connectivity index (χ4v) is 8.08. The molecule has 2 saturated heterocycles. The lowest BCUT2D eigenvalue weighted by molar-refractivity contribution is -0.143. The first kappa shape index (κ1) is 59.7. The van der Waals surface area contributed by atoms with Gasteiger partial charge in [0.05, 0.1) is 31.7 Å². The summed E-state index contributed by atoms with van der Waals surface area (Å²) in [5.74, 6) is -5.33. The molecule has 2 fully saturated rings. The first-order valence-electron chi connectivity index (χ1n) is 21.1. The molecule has 2 aliphatic rings. The number of carbonyl (C=O) groups excluding carboxylic acids is 4. The van der Waals surface area contributed by atoms with E-state index in [0.717, 1.165) is 34.1 Å². The molecule has 0 bridgehead atoms. The number of thioether (sulfide) groups is 2. The molecule has 29 heteroatoms. The summed E-state index contributed by atoms with van der Waals surface area (Å²) in [6.45, 7) is 5.85. The number of aromatic nitrogens is 4. The second kappa shape index (κ2) is 22.6. The number of hydrogen-bond acceptors (Lipinski definition) is 14. The number of hydrogen-bond donors (Lipinski definition) is 1. The smallest absolute Gasteiger partial charge is 0.446 e. The van der Waals surface area contributed by atoms with Gasteiger partial charge in [-0.25, -0.2) is 4.39 Å². The largest absolute Gasteiger partial charge is 0.507 e. The van der Waals surface area contributed by atoms with Crippen LogP contribution in [-0.2, 0) is 44.6 Å². The minimum atomic E-state index is -4.94. The molecule has 0 aliphatic carbocycles. The van der Waals surface area contributed by atoms with Crippen molar-refractivity contribution in [1.29, 1.82) is 0 Å². The quantitative estimate of drug-likeness (QED) is 0.0777. The molecule has 1 N–H and O–H groups in total. The fraction of sp³-hybridized carbons (Fsp3) is 0.319. The summed E-state index contributed by atoms with van der Waals surface area (Å²) in [4.78, 5) is 57.8. The van der Waals surface area contributed by atoms with Crippen LogP contribution in [0.1, 0.15) is 70.9 Å². The van der Waals surface area contributed by atoms with Gasteiger partial charge in [0, 0.05) is 24.0 Å². The van der Waals surface area contributed by atoms with Gasteiger partial charge in [0.2, 0.25) is 47.1 Å². The molecule has 0 spiro atoms. The zero-order valence-corrected chi connectivity index (χ0v) is 40.3. The number of carbonyl (C=O) groups is 4. The molecule has 0 atom stereocenters. The molecule has 0 saturated carbocycles. The lowest BCUT2D eigenvalue weighted by atomic mass is 9.92. The van der Waals surface area contributed by atoms with Gasteiger partial charge in [0.25, 0.3) is 0 Å². The number of phenols is 1. The van der Waals surface area contributed by atoms with E-state index in [0.29, 0.717) is 18.2 Å². The number of alkyl halides is 12. The van der Waals surface area contributed by atoms with Crippen LogP contribution in [0.5, 0.6) is 17.2 Å². The molecular weight excluding hydrogens is 1090 g/mol. The zero-order chi connectivity index (χ0) is 55.6. The van der Waals surface area contributed by atoms with Crippen LogP contribution in [0.15, 0.2) is 104 Å². The second-order valence-electron chi connectivity index (χ2n) is 17.2. The zero-order valence-electron chi connectivity index (χ0n) is 38.6. The Morgan fingerprint density at radius 1 is 0.592 bits per heavy atom. The van der Waals surface area contributed by atoms with Crippen molar-refractivity contribution in [3.05, 3.63) is 114 Å². The second-order valence-corrected chi connectivity index (χ2v) is 19.4. The molecule has 4 heterocycles. The lowest BCUT2D eigenvalue weighted by Gasteiger charge is -2.17. The average molecular weight is 1130 g/mol. The van der Waals surface area contributed by atoms with Crippen LogP contribution in [0, 0.1) is 16.6 Å². The third kappa shape index (κ3) is 15.0. The van der Waals surface area contributed by atoms with E-state index in [9.17, 15) is 76.3 Å². The van der Waals surface area contributed by atoms with E-state index in [1.54, 1.807) is 27.7 Å². The minimum Gasteiger partial charge on any atom is -0.507 e. The average Bonchev–Trinajstić information content (AvgIpc) is 4.05. The molecule has 76 heavy (non-hydrogen) atoms. The van der Waals surface area contributed by atoms with Crippen molar-refractivity contribution in [2.45, 2.75) is 94.2 Å². The van der Waals surface area contributed by atoms with Gasteiger partial charge in [-0.1, -0.05) is 69.7 Å². The summed E-state index contributed by atoms with van der Waals surface area (Å²) < 4.78 is 182. The van der Waals surface area contributed by atoms with Crippen LogP contribution in [0.25, 0.3) is 22.8 Å². The van der Waals surface area contributed by atoms with Gasteiger partial charge < -0.3 is 18.9 Å². The van der Waals surface area contributed by atoms with Crippen LogP contribution in [0.2, 0.25) is 0 Å². The maximum absolute atomic E-state index is 13.8. The van der Waals surface area contributed by atoms with Crippen LogP contribution in [0.4, 0.5) is 57.1 Å². The molecule has 0 radical (unpaired) electrons. The SMILES string of the molecule is C.CC1(C)CC(=O)N(Cc2nc(-c3ccc(F)c(C(F)(F)F)c3)no2)C1=O.CC1(C)CC(=O)N(Cc2nc(-c3ccc(Oc4ccccc4SC(F)(F)F)c(C(F)(F)F)c3)no2)C1=O.Oc1ccccc1SC(F)(F)F. The van der Waals surface area contributed by atoms with E-state index >= 15 is 0 Å². The van der Waals surface area contributed by atoms with E-state index in [2.05, 4.69) is 20.3 Å². The number of nitrogens with zero attached hydrogens (tertiary/aromatic N) is 6. The summed E-state index contributed by atoms with van der Waals surface area (Å²) in [5.41, 5.74) is -13.7. The van der Waals surface area contributed by atoms with E-state index in [4.69, 9.17) is 18.9 Å². The summed E-state index contributed by atoms with van der Waals surface area (Å²) in [6, 6.07) is 15.2. The Kier molecular flexibility index (Phi) is 17.7. The van der Waals surface area contributed by atoms with E-state index in [1.807, 2.05) is 0 Å². The van der Waals surface area contributed by atoms with Gasteiger partial charge in [-0.3, -0.25) is 29.0 Å². The molecule has 408 valence electrons. The van der Waals surface area contributed by atoms with Crippen LogP contribution < -0.4 is 4.74 Å². The fourth-order valence-electron chi connectivity index (χ4n) is 6.91. The summed E-state index contributed by atoms with van der Waals surface area (Å²) in [5, 5.41) is 16.1. The van der Waals surface area contributed by atoms with Gasteiger partial charge in [-0.2, -0.15) is 62.7 Å². The molecule has 4 amide bonds. The minimum absolute atomic E-state index is 0. The molecule has 8 rings (SSSR count). The Hall–Kier alpha value is -7.17. The van der Waals surface area contributed by atoms with Gasteiger partial charge in [-0.05, 0) is 84.2 Å². The summed E-state index contributed by atoms with van der Waals surface area (Å²) in [6.07, 6.45) is -9.77. The molecule has 4 aromatic carbocycles. The maximum atomic E-state index is 13.8. The van der Waals surface area contributed by atoms with Crippen LogP contribution in [0.3, 0.4) is 0 Å². The third-order valence-corrected chi connectivity index (χ3v) is 12.0. The molecule has 2 aromatic heterocycles. The van der Waals surface area contributed by atoms with Gasteiger partial charge in [0.15, 0.2) is 0 Å². The Bertz CT molecular complexity index is 3100. The van der Waals surface area contributed by atoms with Crippen molar-refractivity contribution < 1.29 is 95.1 Å². The standard InChI is InChI=1S/C23H17F6N3O4S.C16H13F4N3O3.C7H5F3OS.CH4/c1-21(2)10-18(33)32(20(21)34)11-17-30-19(31-36-17)12-7-8-14(13(9-12)22(24,25)26)35-15-5-3-4-6-16(15)37-23(27,28)29;1-15(2)6-12(24)23(14(15)25)7-11-21-13(22-26-11)8-3-4-10(17)9(5-8)16(18,19)20;8-7(9,10)12-6-4-2-1-3-5(6)11;/h3-9H,10-11H2,1-2H3;3-5H,6-7H2,1-2H3;1-4,11H;1H4. The van der Waals surface area contributed by atoms with Gasteiger partial charge >= 0.3 is 23.4 Å². The first-order chi connectivity index (χ1) is 34.6. The van der Waals surface area contributed by atoms with Crippen molar-refractivity contribution in [2.75, 3.05) is 0 Å². The number of benzene rings is 4. The maximum Gasteiger partial charge on any atom is 0.446 e. The Balaban J connectivity index is 0.000000236. The predicted octanol–water partition coefficient (Wildman–Crippen LogP) is 13.3. The van der Waals surface area contributed by atoms with Crippen molar-refractivity contribution in [3.63, 3.8) is 0 Å². The van der Waals surface area contributed by atoms with Crippen molar-refractivity contribution in [3.8, 4) is 40.0 Å². The molecule has 2 aliphatic heterocycles. The van der Waals surface area contributed by atoms with E-state index < -0.39 is 103 Å². The van der Waals surface area contributed by atoms with Gasteiger partial charge in [0.1, 0.15) is 36.2 Å². The number of para-hydroxylation sites is 2. The Labute approximate surface area is 429 Å².